The van der Waals surface area contributed by atoms with Gasteiger partial charge in [0, 0.05) is 0 Å². The van der Waals surface area contributed by atoms with E-state index >= 15 is 0 Å². The zero-order valence-electron chi connectivity index (χ0n) is 18.9. The van der Waals surface area contributed by atoms with Crippen LogP contribution < -0.4 is 0 Å². The number of aryl methyl sites for hydroxylation is 4. The molecule has 2 aromatic carbocycles. The average Bonchev–Trinajstić information content (AvgIpc) is 3.37. The molecule has 5 rings (SSSR count). The summed E-state index contributed by atoms with van der Waals surface area (Å²) in [5.74, 6) is 6.20. The number of phenolic OH excluding ortho intramolecular Hbond substituents is 2. The van der Waals surface area contributed by atoms with Gasteiger partial charge in [-0.05, 0) is 135 Å². The number of rotatable bonds is 4. The lowest BCUT2D eigenvalue weighted by atomic mass is 9.70. The fourth-order valence-corrected chi connectivity index (χ4v) is 7.79. The zero-order valence-corrected chi connectivity index (χ0v) is 18.9. The molecule has 6 atom stereocenters. The van der Waals surface area contributed by atoms with Crippen molar-refractivity contribution in [2.24, 2.45) is 35.5 Å². The van der Waals surface area contributed by atoms with Crippen LogP contribution in [-0.4, -0.2) is 10.2 Å². The SMILES string of the molecule is Cc1cc(CC2CC3CC2C2C(Cc4cc(C)c(O)c(C)c4)CCC32)cc(C)c1O. The minimum atomic E-state index is 0.460. The Bertz CT molecular complexity index is 929. The molecule has 0 aromatic heterocycles. The Morgan fingerprint density at radius 3 is 1.70 bits per heavy atom. The lowest BCUT2D eigenvalue weighted by Gasteiger charge is -2.35. The first-order chi connectivity index (χ1) is 14.3. The van der Waals surface area contributed by atoms with E-state index in [-0.39, 0.29) is 0 Å². The maximum atomic E-state index is 10.1. The van der Waals surface area contributed by atoms with E-state index in [9.17, 15) is 10.2 Å². The second kappa shape index (κ2) is 7.32. The molecule has 2 bridgehead atoms. The first kappa shape index (κ1) is 20.0. The van der Waals surface area contributed by atoms with Gasteiger partial charge < -0.3 is 10.2 Å². The highest BCUT2D eigenvalue weighted by atomic mass is 16.3. The predicted octanol–water partition coefficient (Wildman–Crippen LogP) is 6.42. The normalized spacial score (nSPS) is 32.0. The van der Waals surface area contributed by atoms with Gasteiger partial charge in [0.15, 0.2) is 0 Å². The maximum Gasteiger partial charge on any atom is 0.121 e. The summed E-state index contributed by atoms with van der Waals surface area (Å²) in [4.78, 5) is 0. The van der Waals surface area contributed by atoms with E-state index in [0.29, 0.717) is 11.5 Å². The molecule has 160 valence electrons. The third kappa shape index (κ3) is 3.24. The molecule has 0 heterocycles. The fraction of sp³-hybridized carbons (Fsp3) is 0.571. The van der Waals surface area contributed by atoms with E-state index in [2.05, 4.69) is 24.3 Å². The summed E-state index contributed by atoms with van der Waals surface area (Å²) in [5.41, 5.74) is 6.89. The number of phenols is 2. The molecule has 3 saturated carbocycles. The van der Waals surface area contributed by atoms with Crippen LogP contribution in [0.2, 0.25) is 0 Å². The van der Waals surface area contributed by atoms with Gasteiger partial charge in [-0.2, -0.15) is 0 Å². The summed E-state index contributed by atoms with van der Waals surface area (Å²) >= 11 is 0. The van der Waals surface area contributed by atoms with Crippen LogP contribution in [0.15, 0.2) is 24.3 Å². The molecule has 30 heavy (non-hydrogen) atoms. The van der Waals surface area contributed by atoms with Crippen molar-refractivity contribution in [2.45, 2.75) is 66.2 Å². The van der Waals surface area contributed by atoms with Crippen LogP contribution in [0, 0.1) is 63.2 Å². The first-order valence-corrected chi connectivity index (χ1v) is 11.9. The van der Waals surface area contributed by atoms with Crippen molar-refractivity contribution >= 4 is 0 Å². The van der Waals surface area contributed by atoms with Gasteiger partial charge in [0.2, 0.25) is 0 Å². The van der Waals surface area contributed by atoms with Crippen molar-refractivity contribution in [1.82, 2.24) is 0 Å². The lowest BCUT2D eigenvalue weighted by Crippen LogP contribution is -2.30. The molecule has 3 fully saturated rings. The van der Waals surface area contributed by atoms with E-state index in [4.69, 9.17) is 0 Å². The van der Waals surface area contributed by atoms with Crippen LogP contribution in [0.25, 0.3) is 0 Å². The van der Waals surface area contributed by atoms with Gasteiger partial charge >= 0.3 is 0 Å². The van der Waals surface area contributed by atoms with Crippen molar-refractivity contribution < 1.29 is 10.2 Å². The Morgan fingerprint density at radius 2 is 1.17 bits per heavy atom. The summed E-state index contributed by atoms with van der Waals surface area (Å²) in [6, 6.07) is 8.84. The quantitative estimate of drug-likeness (QED) is 0.618. The molecule has 0 aliphatic heterocycles. The van der Waals surface area contributed by atoms with Gasteiger partial charge in [0.05, 0.1) is 0 Å². The molecule has 0 spiro atoms. The van der Waals surface area contributed by atoms with Crippen LogP contribution in [0.3, 0.4) is 0 Å². The molecule has 0 saturated heterocycles. The highest BCUT2D eigenvalue weighted by Crippen LogP contribution is 2.63. The smallest absolute Gasteiger partial charge is 0.121 e. The number of benzene rings is 2. The van der Waals surface area contributed by atoms with Crippen LogP contribution in [-0.2, 0) is 12.8 Å². The Labute approximate surface area is 181 Å². The van der Waals surface area contributed by atoms with E-state index < -0.39 is 0 Å². The minimum absolute atomic E-state index is 0.460. The average molecular weight is 405 g/mol. The molecule has 0 radical (unpaired) electrons. The molecule has 6 unspecified atom stereocenters. The van der Waals surface area contributed by atoms with Crippen LogP contribution in [0.5, 0.6) is 11.5 Å². The zero-order chi connectivity index (χ0) is 21.2. The molecule has 2 aromatic rings. The maximum absolute atomic E-state index is 10.1. The summed E-state index contributed by atoms with van der Waals surface area (Å²) in [6.07, 6.45) is 8.02. The lowest BCUT2D eigenvalue weighted by molar-refractivity contribution is 0.152. The Hall–Kier alpha value is -1.96. The van der Waals surface area contributed by atoms with Crippen LogP contribution >= 0.6 is 0 Å². The molecule has 2 heteroatoms. The first-order valence-electron chi connectivity index (χ1n) is 11.9. The molecule has 2 N–H and O–H groups in total. The molecule has 2 nitrogen and oxygen atoms in total. The van der Waals surface area contributed by atoms with E-state index in [0.717, 1.165) is 57.8 Å². The van der Waals surface area contributed by atoms with Crippen LogP contribution in [0.4, 0.5) is 0 Å². The highest BCUT2D eigenvalue weighted by molar-refractivity contribution is 5.43. The van der Waals surface area contributed by atoms with Crippen molar-refractivity contribution in [1.29, 1.82) is 0 Å². The molecule has 3 aliphatic rings. The second-order valence-electron chi connectivity index (χ2n) is 10.8. The number of aromatic hydroxyl groups is 2. The standard InChI is InChI=1S/C28H36O2/c1-15-7-19(8-16(2)27(15)29)11-21-5-6-24-23-13-22(25(14-23)26(21)24)12-20-9-17(3)28(30)18(4)10-20/h7-10,21-26,29-30H,5-6,11-14H2,1-4H3. The topological polar surface area (TPSA) is 40.5 Å². The Balaban J connectivity index is 1.34. The van der Waals surface area contributed by atoms with Crippen molar-refractivity contribution in [3.8, 4) is 11.5 Å². The van der Waals surface area contributed by atoms with Gasteiger partial charge in [-0.15, -0.1) is 0 Å². The third-order valence-electron chi connectivity index (χ3n) is 8.89. The monoisotopic (exact) mass is 404 g/mol. The fourth-order valence-electron chi connectivity index (χ4n) is 7.79. The molecular weight excluding hydrogens is 368 g/mol. The van der Waals surface area contributed by atoms with Gasteiger partial charge in [-0.3, -0.25) is 0 Å². The molecule has 3 aliphatic carbocycles. The van der Waals surface area contributed by atoms with Crippen LogP contribution in [0.1, 0.15) is 59.1 Å². The van der Waals surface area contributed by atoms with Crippen molar-refractivity contribution in [2.75, 3.05) is 0 Å². The summed E-state index contributed by atoms with van der Waals surface area (Å²) in [5, 5.41) is 20.3. The van der Waals surface area contributed by atoms with Gasteiger partial charge in [0.25, 0.3) is 0 Å². The van der Waals surface area contributed by atoms with Crippen molar-refractivity contribution in [3.63, 3.8) is 0 Å². The number of hydrogen-bond acceptors (Lipinski definition) is 2. The molecule has 0 amide bonds. The van der Waals surface area contributed by atoms with E-state index in [1.165, 1.54) is 49.7 Å². The van der Waals surface area contributed by atoms with Gasteiger partial charge in [0.1, 0.15) is 11.5 Å². The van der Waals surface area contributed by atoms with E-state index in [1.54, 1.807) is 0 Å². The predicted molar refractivity (Wildman–Crippen MR) is 122 cm³/mol. The van der Waals surface area contributed by atoms with Crippen molar-refractivity contribution in [3.05, 3.63) is 57.6 Å². The van der Waals surface area contributed by atoms with Gasteiger partial charge in [-0.25, -0.2) is 0 Å². The number of hydrogen-bond donors (Lipinski definition) is 2. The Morgan fingerprint density at radius 1 is 0.667 bits per heavy atom. The van der Waals surface area contributed by atoms with E-state index in [1.807, 2.05) is 27.7 Å². The summed E-state index contributed by atoms with van der Waals surface area (Å²) < 4.78 is 0. The Kier molecular flexibility index (Phi) is 4.87. The second-order valence-corrected chi connectivity index (χ2v) is 10.8. The highest BCUT2D eigenvalue weighted by Gasteiger charge is 2.56. The molecular formula is C28H36O2. The number of fused-ring (bicyclic) bond motifs is 5. The largest absolute Gasteiger partial charge is 0.507 e. The summed E-state index contributed by atoms with van der Waals surface area (Å²) in [7, 11) is 0. The van der Waals surface area contributed by atoms with Gasteiger partial charge in [-0.1, -0.05) is 24.3 Å². The third-order valence-corrected chi connectivity index (χ3v) is 8.89. The summed E-state index contributed by atoms with van der Waals surface area (Å²) in [6.45, 7) is 8.10. The minimum Gasteiger partial charge on any atom is -0.507 e.